The molecule has 0 saturated heterocycles. The molecule has 4 nitrogen and oxygen atoms in total. The van der Waals surface area contributed by atoms with Crippen molar-refractivity contribution in [2.24, 2.45) is 22.7 Å². The predicted octanol–water partition coefficient (Wildman–Crippen LogP) is 3.54. The van der Waals surface area contributed by atoms with Crippen molar-refractivity contribution in [2.45, 2.75) is 58.8 Å². The van der Waals surface area contributed by atoms with Crippen LogP contribution in [0.2, 0.25) is 0 Å². The van der Waals surface area contributed by atoms with Gasteiger partial charge in [0.15, 0.2) is 0 Å². The van der Waals surface area contributed by atoms with Crippen molar-refractivity contribution in [1.29, 1.82) is 0 Å². The monoisotopic (exact) mass is 336 g/mol. The van der Waals surface area contributed by atoms with Crippen molar-refractivity contribution >= 4 is 5.97 Å². The molecule has 0 aromatic rings. The summed E-state index contributed by atoms with van der Waals surface area (Å²) < 4.78 is 0. The van der Waals surface area contributed by atoms with Gasteiger partial charge in [0.25, 0.3) is 0 Å². The van der Waals surface area contributed by atoms with E-state index in [2.05, 4.69) is 13.5 Å². The lowest BCUT2D eigenvalue weighted by Gasteiger charge is -2.57. The van der Waals surface area contributed by atoms with E-state index in [-0.39, 0.29) is 30.5 Å². The van der Waals surface area contributed by atoms with Crippen LogP contribution in [-0.2, 0) is 4.79 Å². The molecular weight excluding hydrogens is 304 g/mol. The molecule has 0 amide bonds. The van der Waals surface area contributed by atoms with Crippen LogP contribution in [0.5, 0.6) is 0 Å². The second kappa shape index (κ2) is 7.40. The van der Waals surface area contributed by atoms with Crippen LogP contribution in [0.1, 0.15) is 58.8 Å². The Balaban J connectivity index is 2.25. The number of rotatable bonds is 6. The molecule has 0 aliphatic heterocycles. The normalized spacial score (nSPS) is 37.2. The summed E-state index contributed by atoms with van der Waals surface area (Å²) in [6.07, 6.45) is 7.82. The van der Waals surface area contributed by atoms with Crippen LogP contribution in [0.3, 0.4) is 0 Å². The molecule has 0 bridgehead atoms. The lowest BCUT2D eigenvalue weighted by molar-refractivity contribution is -0.164. The molecule has 136 valence electrons. The molecular formula is C20H32O4. The highest BCUT2D eigenvalue weighted by Gasteiger charge is 2.57. The zero-order chi connectivity index (χ0) is 18.0. The van der Waals surface area contributed by atoms with Gasteiger partial charge in [-0.05, 0) is 68.3 Å². The lowest BCUT2D eigenvalue weighted by atomic mass is 9.46. The smallest absolute Gasteiger partial charge is 0.309 e. The molecule has 4 heteroatoms. The second-order valence-corrected chi connectivity index (χ2v) is 8.13. The molecule has 3 N–H and O–H groups in total. The third-order valence-corrected chi connectivity index (χ3v) is 6.85. The molecule has 0 heterocycles. The molecule has 2 fully saturated rings. The molecule has 0 unspecified atom stereocenters. The Morgan fingerprint density at radius 1 is 1.33 bits per heavy atom. The maximum Gasteiger partial charge on any atom is 0.309 e. The molecule has 0 spiro atoms. The fourth-order valence-electron chi connectivity index (χ4n) is 5.44. The van der Waals surface area contributed by atoms with Gasteiger partial charge in [0.1, 0.15) is 0 Å². The summed E-state index contributed by atoms with van der Waals surface area (Å²) in [5.41, 5.74) is 1.39. The molecule has 0 aromatic heterocycles. The van der Waals surface area contributed by atoms with E-state index in [0.29, 0.717) is 0 Å². The van der Waals surface area contributed by atoms with Gasteiger partial charge in [0.2, 0.25) is 0 Å². The minimum atomic E-state index is -0.666. The zero-order valence-corrected chi connectivity index (χ0v) is 15.1. The van der Waals surface area contributed by atoms with Crippen LogP contribution in [0.15, 0.2) is 23.8 Å². The number of allylic oxidation sites excluding steroid dienone is 1. The topological polar surface area (TPSA) is 77.8 Å². The van der Waals surface area contributed by atoms with E-state index >= 15 is 0 Å². The number of carboxylic acid groups (broad SMARTS) is 1. The summed E-state index contributed by atoms with van der Waals surface area (Å²) in [5.74, 6) is -0.212. The van der Waals surface area contributed by atoms with Gasteiger partial charge in [-0.15, -0.1) is 0 Å². The first-order valence-electron chi connectivity index (χ1n) is 9.10. The molecule has 2 aliphatic rings. The Morgan fingerprint density at radius 2 is 2.04 bits per heavy atom. The Bertz CT molecular complexity index is 524. The molecule has 4 atom stereocenters. The minimum absolute atomic E-state index is 0.0350. The molecule has 24 heavy (non-hydrogen) atoms. The number of hydrogen-bond donors (Lipinski definition) is 3. The molecule has 0 aromatic carbocycles. The second-order valence-electron chi connectivity index (χ2n) is 8.13. The number of aliphatic hydroxyl groups is 2. The third kappa shape index (κ3) is 3.31. The number of fused-ring (bicyclic) bond motifs is 1. The van der Waals surface area contributed by atoms with Crippen LogP contribution >= 0.6 is 0 Å². The van der Waals surface area contributed by atoms with Gasteiger partial charge in [-0.1, -0.05) is 31.6 Å². The number of aliphatic carboxylic acids is 1. The van der Waals surface area contributed by atoms with Gasteiger partial charge in [0.05, 0.1) is 18.6 Å². The van der Waals surface area contributed by atoms with Crippen molar-refractivity contribution in [2.75, 3.05) is 13.2 Å². The Morgan fingerprint density at radius 3 is 2.62 bits per heavy atom. The minimum Gasteiger partial charge on any atom is -0.481 e. The van der Waals surface area contributed by atoms with Crippen molar-refractivity contribution in [3.05, 3.63) is 23.8 Å². The van der Waals surface area contributed by atoms with Crippen molar-refractivity contribution in [3.63, 3.8) is 0 Å². The van der Waals surface area contributed by atoms with Crippen molar-refractivity contribution < 1.29 is 20.1 Å². The first kappa shape index (κ1) is 19.2. The predicted molar refractivity (Wildman–Crippen MR) is 94.5 cm³/mol. The van der Waals surface area contributed by atoms with Crippen LogP contribution < -0.4 is 0 Å². The maximum atomic E-state index is 12.0. The number of carbonyl (C=O) groups is 1. The van der Waals surface area contributed by atoms with Gasteiger partial charge >= 0.3 is 5.97 Å². The lowest BCUT2D eigenvalue weighted by Crippen LogP contribution is -2.53. The third-order valence-electron chi connectivity index (χ3n) is 6.85. The maximum absolute atomic E-state index is 12.0. The van der Waals surface area contributed by atoms with Crippen LogP contribution in [-0.4, -0.2) is 34.5 Å². The van der Waals surface area contributed by atoms with Gasteiger partial charge in [-0.2, -0.15) is 0 Å². The van der Waals surface area contributed by atoms with Gasteiger partial charge in [-0.3, -0.25) is 4.79 Å². The quantitative estimate of drug-likeness (QED) is 0.648. The van der Waals surface area contributed by atoms with Gasteiger partial charge in [-0.25, -0.2) is 0 Å². The van der Waals surface area contributed by atoms with E-state index < -0.39 is 11.4 Å². The highest BCUT2D eigenvalue weighted by atomic mass is 16.4. The fourth-order valence-corrected chi connectivity index (χ4v) is 5.44. The highest BCUT2D eigenvalue weighted by Crippen LogP contribution is 2.62. The van der Waals surface area contributed by atoms with Crippen molar-refractivity contribution in [1.82, 2.24) is 0 Å². The highest BCUT2D eigenvalue weighted by molar-refractivity contribution is 5.75. The fraction of sp³-hybridized carbons (Fsp3) is 0.750. The summed E-state index contributed by atoms with van der Waals surface area (Å²) in [6, 6.07) is 0. The van der Waals surface area contributed by atoms with Gasteiger partial charge < -0.3 is 15.3 Å². The van der Waals surface area contributed by atoms with E-state index in [9.17, 15) is 15.0 Å². The summed E-state index contributed by atoms with van der Waals surface area (Å²) in [4.78, 5) is 12.0. The summed E-state index contributed by atoms with van der Waals surface area (Å²) in [6.45, 7) is 8.38. The Kier molecular flexibility index (Phi) is 5.92. The Labute approximate surface area is 145 Å². The van der Waals surface area contributed by atoms with Crippen LogP contribution in [0.4, 0.5) is 0 Å². The van der Waals surface area contributed by atoms with E-state index in [1.165, 1.54) is 5.57 Å². The first-order valence-corrected chi connectivity index (χ1v) is 9.10. The van der Waals surface area contributed by atoms with E-state index in [0.717, 1.165) is 50.5 Å². The van der Waals surface area contributed by atoms with Crippen molar-refractivity contribution in [3.8, 4) is 0 Å². The van der Waals surface area contributed by atoms with Crippen LogP contribution in [0, 0.1) is 22.7 Å². The average Bonchev–Trinajstić information content (AvgIpc) is 2.52. The summed E-state index contributed by atoms with van der Waals surface area (Å²) in [7, 11) is 0. The molecule has 0 radical (unpaired) electrons. The standard InChI is InChI=1S/C20H32O4/c1-14-5-8-17-19(2,10-4-11-20(17,3)18(23)24)16(14)7-6-15(13-22)9-12-21/h9,16-17,21-22H,1,4-8,10-13H2,2-3H3,(H,23,24)/b15-9+/t16-,17-,19-,20+/m0/s1. The first-order chi connectivity index (χ1) is 11.3. The molecule has 2 aliphatic carbocycles. The summed E-state index contributed by atoms with van der Waals surface area (Å²) in [5, 5.41) is 28.3. The van der Waals surface area contributed by atoms with E-state index in [1.807, 2.05) is 6.92 Å². The zero-order valence-electron chi connectivity index (χ0n) is 15.1. The average molecular weight is 336 g/mol. The van der Waals surface area contributed by atoms with E-state index in [4.69, 9.17) is 5.11 Å². The van der Waals surface area contributed by atoms with Crippen LogP contribution in [0.25, 0.3) is 0 Å². The largest absolute Gasteiger partial charge is 0.481 e. The number of hydrogen-bond acceptors (Lipinski definition) is 3. The molecule has 2 saturated carbocycles. The summed E-state index contributed by atoms with van der Waals surface area (Å²) >= 11 is 0. The Hall–Kier alpha value is -1.13. The number of carboxylic acids is 1. The van der Waals surface area contributed by atoms with E-state index in [1.54, 1.807) is 6.08 Å². The van der Waals surface area contributed by atoms with Gasteiger partial charge in [0, 0.05) is 0 Å². The number of aliphatic hydroxyl groups excluding tert-OH is 2. The molecule has 2 rings (SSSR count). The SMILES string of the molecule is C=C1CC[C@H]2[C@@](C)(CCC[C@@]2(C)C(=O)O)[C@H]1CC/C(=C\CO)CO.